The van der Waals surface area contributed by atoms with Crippen LogP contribution in [-0.2, 0) is 66.8 Å². The quantitative estimate of drug-likeness (QED) is 0.0141. The third-order valence-corrected chi connectivity index (χ3v) is 13.5. The number of nitrogens with zero attached hydrogens (tertiary/aromatic N) is 2. The number of rotatable bonds is 30. The van der Waals surface area contributed by atoms with Crippen LogP contribution in [0, 0.1) is 0 Å². The van der Waals surface area contributed by atoms with Gasteiger partial charge in [0.25, 0.3) is 0 Å². The van der Waals surface area contributed by atoms with Gasteiger partial charge in [-0.25, -0.2) is 9.97 Å². The van der Waals surface area contributed by atoms with Gasteiger partial charge in [0.15, 0.2) is 0 Å². The molecule has 7 aromatic rings. The molecule has 0 aliphatic carbocycles. The number of aromatic amines is 2. The Morgan fingerprint density at radius 2 is 0.587 bits per heavy atom. The zero-order valence-corrected chi connectivity index (χ0v) is 49.9. The molecule has 24 nitrogen and oxygen atoms in total. The van der Waals surface area contributed by atoms with Gasteiger partial charge in [-0.2, -0.15) is 0 Å². The number of nitrogens with one attached hydrogen (secondary N) is 2. The van der Waals surface area contributed by atoms with Gasteiger partial charge in [-0.1, -0.05) is 48.5 Å². The second-order valence-electron chi connectivity index (χ2n) is 20.0. The lowest BCUT2D eigenvalue weighted by Crippen LogP contribution is -2.16. The summed E-state index contributed by atoms with van der Waals surface area (Å²) in [4.78, 5) is 113. The number of hydrogen-bond donors (Lipinski definition) is 4. The van der Waals surface area contributed by atoms with Gasteiger partial charge >= 0.3 is 47.8 Å². The average Bonchev–Trinajstić information content (AvgIpc) is 1.62. The minimum atomic E-state index is -1.32. The molecule has 2 aliphatic heterocycles. The summed E-state index contributed by atoms with van der Waals surface area (Å²) in [6, 6.07) is 36.6. The Kier molecular flexibility index (Phi) is 22.3. The Labute approximate surface area is 525 Å². The van der Waals surface area contributed by atoms with E-state index in [1.165, 1.54) is 0 Å². The molecule has 9 rings (SSSR count). The van der Waals surface area contributed by atoms with E-state index >= 15 is 0 Å². The molecule has 0 unspecified atom stereocenters. The van der Waals surface area contributed by atoms with Gasteiger partial charge in [-0.05, 0) is 133 Å². The van der Waals surface area contributed by atoms with E-state index in [0.29, 0.717) is 112 Å². The number of esters is 6. The van der Waals surface area contributed by atoms with Crippen LogP contribution in [-0.4, -0.2) is 144 Å². The lowest BCUT2D eigenvalue weighted by molar-refractivity contribution is -0.156. The lowest BCUT2D eigenvalue weighted by atomic mass is 10.0. The SMILES string of the molecule is CCOC(=O)CC(=O)OCCOc1cccc(-c2c3nc(c(-c4cccc(OCCOC(=O)CC(=O)O)c4)c4ccc([nH]4)c(-c4cccc(OCCOC(=O)CC(=O)OCC)c4)c4nc(c(-c5cccc(OCCOC(=O)CC(=O)O)c5)c5ccc2[nH]5)C=C4)C=C3)c1. The summed E-state index contributed by atoms with van der Waals surface area (Å²) >= 11 is 0. The maximum Gasteiger partial charge on any atom is 0.317 e. The number of benzene rings is 4. The highest BCUT2D eigenvalue weighted by atomic mass is 16.6. The fraction of sp³-hybridized carbons (Fsp3) is 0.235. The number of carboxylic acids is 2. The van der Waals surface area contributed by atoms with E-state index < -0.39 is 73.4 Å². The molecule has 0 atom stereocenters. The number of carboxylic acid groups (broad SMARTS) is 2. The molecule has 0 saturated carbocycles. The van der Waals surface area contributed by atoms with Crippen LogP contribution in [0.5, 0.6) is 23.0 Å². The lowest BCUT2D eigenvalue weighted by Gasteiger charge is -2.11. The maximum atomic E-state index is 12.4. The fourth-order valence-corrected chi connectivity index (χ4v) is 9.76. The van der Waals surface area contributed by atoms with Gasteiger partial charge in [0.1, 0.15) is 102 Å². The van der Waals surface area contributed by atoms with Crippen LogP contribution in [0.25, 0.3) is 90.9 Å². The summed E-state index contributed by atoms with van der Waals surface area (Å²) in [5, 5.41) is 18.1. The summed E-state index contributed by atoms with van der Waals surface area (Å²) < 4.78 is 54.7. The van der Waals surface area contributed by atoms with Gasteiger partial charge in [-0.15, -0.1) is 0 Å². The molecule has 0 spiro atoms. The first-order valence-electron chi connectivity index (χ1n) is 29.1. The van der Waals surface area contributed by atoms with Crippen molar-refractivity contribution in [3.63, 3.8) is 0 Å². The molecule has 0 saturated heterocycles. The van der Waals surface area contributed by atoms with Crippen LogP contribution in [0.1, 0.15) is 62.3 Å². The number of ether oxygens (including phenoxy) is 10. The second-order valence-corrected chi connectivity index (χ2v) is 20.0. The van der Waals surface area contributed by atoms with Gasteiger partial charge in [-0.3, -0.25) is 38.4 Å². The maximum absolute atomic E-state index is 12.4. The number of fused-ring (bicyclic) bond motifs is 8. The topological polar surface area (TPSA) is 327 Å². The zero-order valence-electron chi connectivity index (χ0n) is 49.9. The Bertz CT molecular complexity index is 3900. The van der Waals surface area contributed by atoms with Crippen LogP contribution >= 0.6 is 0 Å². The summed E-state index contributed by atoms with van der Waals surface area (Å²) in [5.74, 6) is -5.71. The minimum absolute atomic E-state index is 0.0443. The predicted octanol–water partition coefficient (Wildman–Crippen LogP) is 9.87. The molecule has 0 fully saturated rings. The summed E-state index contributed by atoms with van der Waals surface area (Å²) in [6.07, 6.45) is 4.87. The zero-order chi connectivity index (χ0) is 64.9. The third-order valence-electron chi connectivity index (χ3n) is 13.5. The van der Waals surface area contributed by atoms with Crippen molar-refractivity contribution in [2.45, 2.75) is 39.5 Å². The van der Waals surface area contributed by atoms with Crippen LogP contribution in [0.2, 0.25) is 0 Å². The van der Waals surface area contributed by atoms with Crippen molar-refractivity contribution in [2.75, 3.05) is 66.1 Å². The summed E-state index contributed by atoms with van der Waals surface area (Å²) in [7, 11) is 0. The van der Waals surface area contributed by atoms with Crippen molar-refractivity contribution in [1.82, 2.24) is 19.9 Å². The first kappa shape index (κ1) is 64.9. The Morgan fingerprint density at radius 3 is 0.837 bits per heavy atom. The predicted molar refractivity (Wildman–Crippen MR) is 333 cm³/mol. The molecule has 4 aromatic carbocycles. The van der Waals surface area contributed by atoms with Crippen molar-refractivity contribution in [3.8, 4) is 67.5 Å². The molecule has 0 amide bonds. The van der Waals surface area contributed by atoms with Crippen LogP contribution in [0.15, 0.2) is 121 Å². The molecule has 0 radical (unpaired) electrons. The van der Waals surface area contributed by atoms with Crippen LogP contribution in [0.4, 0.5) is 0 Å². The highest BCUT2D eigenvalue weighted by Gasteiger charge is 2.22. The Hall–Kier alpha value is -11.6. The molecular formula is C68H62N4O20. The highest BCUT2D eigenvalue weighted by Crippen LogP contribution is 2.40. The van der Waals surface area contributed by atoms with E-state index in [1.807, 2.05) is 97.1 Å². The van der Waals surface area contributed by atoms with E-state index in [4.69, 9.17) is 67.5 Å². The third kappa shape index (κ3) is 17.8. The van der Waals surface area contributed by atoms with E-state index in [0.717, 1.165) is 0 Å². The van der Waals surface area contributed by atoms with Gasteiger partial charge < -0.3 is 67.5 Å². The number of carbonyl (C=O) groups excluding carboxylic acids is 6. The van der Waals surface area contributed by atoms with Crippen molar-refractivity contribution in [3.05, 3.63) is 144 Å². The Balaban J connectivity index is 1.21. The molecule has 24 heteroatoms. The van der Waals surface area contributed by atoms with Crippen molar-refractivity contribution in [1.29, 1.82) is 0 Å². The normalized spacial score (nSPS) is 11.2. The minimum Gasteiger partial charge on any atom is -0.490 e. The van der Waals surface area contributed by atoms with Crippen molar-refractivity contribution in [2.24, 2.45) is 0 Å². The van der Waals surface area contributed by atoms with E-state index in [-0.39, 0.29) is 66.1 Å². The first-order valence-corrected chi connectivity index (χ1v) is 29.1. The molecule has 2 aliphatic rings. The van der Waals surface area contributed by atoms with E-state index in [2.05, 4.69) is 9.97 Å². The average molecular weight is 1260 g/mol. The molecule has 4 N–H and O–H groups in total. The number of aromatic nitrogens is 4. The fourth-order valence-electron chi connectivity index (χ4n) is 9.76. The first-order chi connectivity index (χ1) is 44.6. The number of aliphatic carboxylic acids is 2. The smallest absolute Gasteiger partial charge is 0.317 e. The van der Waals surface area contributed by atoms with Crippen LogP contribution < -0.4 is 18.9 Å². The standard InChI is InChI=1S/C68H62N4O20/c1-3-83-61(79)39-63(81)91-31-27-87-47-15-7-11-43(35-47)67-53-21-17-49(69-53)65(41-9-5-13-45(33-41)85-25-29-89-59(77)37-57(73)74)51-19-23-55(71-51)68(44-12-8-16-48(36-44)88-28-32-92-64(82)40-62(80)84-4-2)56-24-20-52(72-56)66(50-18-22-54(67)70-50)42-10-6-14-46(34-42)86-26-30-90-60(78)38-58(75)76/h5-24,33-36,69,72H,3-4,25-32,37-40H2,1-2H3,(H,73,74)(H,75,76). The van der Waals surface area contributed by atoms with Gasteiger partial charge in [0, 0.05) is 44.3 Å². The van der Waals surface area contributed by atoms with Gasteiger partial charge in [0.05, 0.1) is 36.0 Å². The summed E-state index contributed by atoms with van der Waals surface area (Å²) in [5.41, 5.74) is 9.74. The van der Waals surface area contributed by atoms with Gasteiger partial charge in [0.2, 0.25) is 0 Å². The number of H-pyrrole nitrogens is 2. The number of carbonyl (C=O) groups is 8. The highest BCUT2D eigenvalue weighted by molar-refractivity contribution is 6.00. The molecule has 8 bridgehead atoms. The van der Waals surface area contributed by atoms with Crippen molar-refractivity contribution < 1.29 is 95.9 Å². The molecule has 474 valence electrons. The second kappa shape index (κ2) is 31.6. The molecule has 5 heterocycles. The van der Waals surface area contributed by atoms with Crippen LogP contribution in [0.3, 0.4) is 0 Å². The monoisotopic (exact) mass is 1250 g/mol. The molecule has 3 aromatic heterocycles. The number of hydrogen-bond acceptors (Lipinski definition) is 20. The molecule has 92 heavy (non-hydrogen) atoms. The largest absolute Gasteiger partial charge is 0.490 e. The van der Waals surface area contributed by atoms with E-state index in [9.17, 15) is 38.4 Å². The van der Waals surface area contributed by atoms with E-state index in [1.54, 1.807) is 62.4 Å². The van der Waals surface area contributed by atoms with Crippen molar-refractivity contribution >= 4 is 94.1 Å². The Morgan fingerprint density at radius 1 is 0.337 bits per heavy atom. The summed E-state index contributed by atoms with van der Waals surface area (Å²) in [6.45, 7) is 2.55. The molecular weight excluding hydrogens is 1190 g/mol.